The fourth-order valence-corrected chi connectivity index (χ4v) is 8.86. The lowest BCUT2D eigenvalue weighted by Gasteiger charge is -2.45. The van der Waals surface area contributed by atoms with Crippen LogP contribution in [-0.2, 0) is 35.5 Å². The van der Waals surface area contributed by atoms with Crippen molar-refractivity contribution in [3.63, 3.8) is 0 Å². The summed E-state index contributed by atoms with van der Waals surface area (Å²) in [6.07, 6.45) is 8.25. The fraction of sp³-hybridized carbons (Fsp3) is 0.439. The molecule has 2 fully saturated rings. The van der Waals surface area contributed by atoms with E-state index in [0.717, 1.165) is 64.2 Å². The number of aliphatic hydroxyl groups is 1. The van der Waals surface area contributed by atoms with Crippen LogP contribution in [0.5, 0.6) is 0 Å². The Morgan fingerprint density at radius 2 is 1.93 bits per heavy atom. The van der Waals surface area contributed by atoms with E-state index in [9.17, 15) is 19.5 Å². The Labute approximate surface area is 320 Å². The molecule has 55 heavy (non-hydrogen) atoms. The third-order valence-corrected chi connectivity index (χ3v) is 11.5. The minimum atomic E-state index is -0.453. The largest absolute Gasteiger partial charge is 0.392 e. The maximum Gasteiger partial charge on any atom is 0.291 e. The summed E-state index contributed by atoms with van der Waals surface area (Å²) >= 11 is 0. The van der Waals surface area contributed by atoms with Crippen LogP contribution in [0.3, 0.4) is 0 Å². The highest BCUT2D eigenvalue weighted by atomic mass is 16.5. The van der Waals surface area contributed by atoms with Crippen LogP contribution in [0.1, 0.15) is 60.9 Å². The summed E-state index contributed by atoms with van der Waals surface area (Å²) in [6.45, 7) is 15.2. The van der Waals surface area contributed by atoms with Crippen LogP contribution in [0, 0.1) is 5.41 Å². The van der Waals surface area contributed by atoms with E-state index in [2.05, 4.69) is 67.3 Å². The van der Waals surface area contributed by atoms with E-state index in [0.29, 0.717) is 58.8 Å². The second-order valence-electron chi connectivity index (χ2n) is 15.8. The highest BCUT2D eigenvalue weighted by molar-refractivity contribution is 6.06. The highest BCUT2D eigenvalue weighted by Gasteiger charge is 2.38. The molecule has 4 aliphatic rings. The predicted octanol–water partition coefficient (Wildman–Crippen LogP) is 4.47. The summed E-state index contributed by atoms with van der Waals surface area (Å²) in [7, 11) is 0. The average Bonchev–Trinajstić information content (AvgIpc) is 3.68. The smallest absolute Gasteiger partial charge is 0.291 e. The number of carbonyl (C=O) groups excluding carboxylic acids is 2. The standard InChI is InChI=1S/C41H49N9O5/c1-5-36(52)45-31-19-27(6-7-33(31)48-13-12-47(23-25(48)2)28-9-16-55-17-10-28)44-37-39(53)43-22-32(46-37)29-8-11-42-38(30(29)24-51)50-15-14-49-34(40(50)54)18-26-20-41(3,4)21-35(26)49/h5-8,11,18-19,22,25,28,51H,1,9-10,12-17,20-21,23-24H2,2-4H3,(H,43,53)(H,44,46)(H,45,52)/t25-/m0/s1. The van der Waals surface area contributed by atoms with Crippen molar-refractivity contribution < 1.29 is 19.4 Å². The monoisotopic (exact) mass is 747 g/mol. The lowest BCUT2D eigenvalue weighted by molar-refractivity contribution is -0.111. The number of hydrogen-bond acceptors (Lipinski definition) is 10. The number of amides is 2. The van der Waals surface area contributed by atoms with Gasteiger partial charge < -0.3 is 34.9 Å². The molecule has 1 aliphatic carbocycles. The van der Waals surface area contributed by atoms with Gasteiger partial charge in [-0.1, -0.05) is 20.4 Å². The van der Waals surface area contributed by atoms with E-state index >= 15 is 0 Å². The predicted molar refractivity (Wildman–Crippen MR) is 212 cm³/mol. The zero-order chi connectivity index (χ0) is 38.4. The Kier molecular flexibility index (Phi) is 9.82. The van der Waals surface area contributed by atoms with Crippen molar-refractivity contribution in [2.24, 2.45) is 5.41 Å². The summed E-state index contributed by atoms with van der Waals surface area (Å²) in [4.78, 5) is 58.2. The number of rotatable bonds is 9. The number of aromatic nitrogens is 4. The van der Waals surface area contributed by atoms with Gasteiger partial charge in [0.2, 0.25) is 5.91 Å². The molecule has 4 N–H and O–H groups in total. The minimum Gasteiger partial charge on any atom is -0.392 e. The molecule has 0 saturated carbocycles. The van der Waals surface area contributed by atoms with Gasteiger partial charge in [0.15, 0.2) is 5.82 Å². The molecule has 0 spiro atoms. The maximum atomic E-state index is 13.9. The van der Waals surface area contributed by atoms with Crippen molar-refractivity contribution in [3.8, 4) is 11.3 Å². The first-order valence-electron chi connectivity index (χ1n) is 19.2. The van der Waals surface area contributed by atoms with Gasteiger partial charge >= 0.3 is 0 Å². The summed E-state index contributed by atoms with van der Waals surface area (Å²) in [6, 6.07) is 10.0. The highest BCUT2D eigenvalue weighted by Crippen LogP contribution is 2.40. The van der Waals surface area contributed by atoms with Gasteiger partial charge in [-0.15, -0.1) is 0 Å². The van der Waals surface area contributed by atoms with Crippen LogP contribution < -0.4 is 26.0 Å². The molecule has 6 heterocycles. The molecular weight excluding hydrogens is 699 g/mol. The van der Waals surface area contributed by atoms with E-state index in [1.807, 2.05) is 18.2 Å². The maximum absolute atomic E-state index is 13.9. The van der Waals surface area contributed by atoms with E-state index in [1.54, 1.807) is 23.2 Å². The van der Waals surface area contributed by atoms with Gasteiger partial charge in [0.05, 0.1) is 23.7 Å². The number of nitrogens with zero attached hydrogens (tertiary/aromatic N) is 6. The first-order chi connectivity index (χ1) is 26.5. The Hall–Kier alpha value is -5.31. The molecule has 0 radical (unpaired) electrons. The van der Waals surface area contributed by atoms with Gasteiger partial charge in [-0.05, 0) is 80.0 Å². The number of nitrogens with one attached hydrogen (secondary N) is 3. The molecule has 3 aliphatic heterocycles. The molecule has 288 valence electrons. The molecule has 0 unspecified atom stereocenters. The van der Waals surface area contributed by atoms with Gasteiger partial charge in [0.1, 0.15) is 11.5 Å². The molecule has 4 aromatic rings. The van der Waals surface area contributed by atoms with E-state index in [1.165, 1.54) is 23.5 Å². The number of anilines is 5. The number of aromatic amines is 1. The number of H-pyrrole nitrogens is 1. The Bertz CT molecular complexity index is 2200. The topological polar surface area (TPSA) is 161 Å². The average molecular weight is 748 g/mol. The van der Waals surface area contributed by atoms with Crippen LogP contribution in [-0.4, -0.2) is 92.8 Å². The third-order valence-electron chi connectivity index (χ3n) is 11.5. The summed E-state index contributed by atoms with van der Waals surface area (Å²) in [5, 5.41) is 16.8. The summed E-state index contributed by atoms with van der Waals surface area (Å²) in [5.74, 6) is -0.117. The van der Waals surface area contributed by atoms with Crippen LogP contribution in [0.2, 0.25) is 0 Å². The lowest BCUT2D eigenvalue weighted by atomic mass is 9.90. The summed E-state index contributed by atoms with van der Waals surface area (Å²) in [5.41, 5.74) is 6.17. The Morgan fingerprint density at radius 1 is 1.11 bits per heavy atom. The zero-order valence-corrected chi connectivity index (χ0v) is 31.7. The van der Waals surface area contributed by atoms with Crippen molar-refractivity contribution in [2.45, 2.75) is 71.7 Å². The third kappa shape index (κ3) is 7.05. The van der Waals surface area contributed by atoms with Crippen LogP contribution in [0.25, 0.3) is 11.3 Å². The van der Waals surface area contributed by atoms with Crippen LogP contribution in [0.15, 0.2) is 60.2 Å². The van der Waals surface area contributed by atoms with Crippen LogP contribution >= 0.6 is 0 Å². The van der Waals surface area contributed by atoms with Crippen molar-refractivity contribution >= 4 is 40.5 Å². The molecule has 1 atom stereocenters. The second-order valence-corrected chi connectivity index (χ2v) is 15.8. The van der Waals surface area contributed by atoms with Crippen molar-refractivity contribution in [1.29, 1.82) is 0 Å². The molecule has 8 rings (SSSR count). The summed E-state index contributed by atoms with van der Waals surface area (Å²) < 4.78 is 7.72. The number of benzene rings is 1. The Morgan fingerprint density at radius 3 is 2.69 bits per heavy atom. The van der Waals surface area contributed by atoms with E-state index < -0.39 is 12.2 Å². The molecule has 3 aromatic heterocycles. The fourth-order valence-electron chi connectivity index (χ4n) is 8.86. The van der Waals surface area contributed by atoms with E-state index in [-0.39, 0.29) is 29.1 Å². The van der Waals surface area contributed by atoms with E-state index in [4.69, 9.17) is 4.74 Å². The number of piperazine rings is 1. The van der Waals surface area contributed by atoms with Gasteiger partial charge in [-0.3, -0.25) is 24.2 Å². The number of hydrogen-bond donors (Lipinski definition) is 4. The Balaban J connectivity index is 1.05. The zero-order valence-electron chi connectivity index (χ0n) is 31.7. The second kappa shape index (κ2) is 14.7. The number of carbonyl (C=O) groups is 2. The van der Waals surface area contributed by atoms with Crippen molar-refractivity contribution in [2.75, 3.05) is 59.8 Å². The molecule has 2 amide bonds. The molecule has 2 saturated heterocycles. The number of aliphatic hydroxyl groups excluding tert-OH is 1. The van der Waals surface area contributed by atoms with Crippen molar-refractivity contribution in [3.05, 3.63) is 88.2 Å². The normalized spacial score (nSPS) is 19.9. The molecule has 1 aromatic carbocycles. The first-order valence-corrected chi connectivity index (χ1v) is 19.2. The first kappa shape index (κ1) is 36.7. The molecule has 14 nitrogen and oxygen atoms in total. The quantitative estimate of drug-likeness (QED) is 0.180. The molecule has 14 heteroatoms. The van der Waals surface area contributed by atoms with Gasteiger partial charge in [0, 0.05) is 92.9 Å². The van der Waals surface area contributed by atoms with Gasteiger partial charge in [0.25, 0.3) is 11.5 Å². The lowest BCUT2D eigenvalue weighted by Crippen LogP contribution is -2.56. The molecular formula is C41H49N9O5. The van der Waals surface area contributed by atoms with Gasteiger partial charge in [-0.25, -0.2) is 9.97 Å². The number of pyridine rings is 1. The number of fused-ring (bicyclic) bond motifs is 3. The minimum absolute atomic E-state index is 0.0243. The number of ether oxygens (including phenoxy) is 1. The van der Waals surface area contributed by atoms with Crippen LogP contribution in [0.4, 0.5) is 28.7 Å². The van der Waals surface area contributed by atoms with Crippen molar-refractivity contribution in [1.82, 2.24) is 24.4 Å². The van der Waals surface area contributed by atoms with Gasteiger partial charge in [-0.2, -0.15) is 0 Å². The SMILES string of the molecule is C=CC(=O)Nc1cc(Nc2nc(-c3ccnc(N4CCn5c(cc6c5CC(C)(C)C6)C4=O)c3CO)c[nH]c2=O)ccc1N1CCN(C2CCOCC2)C[C@@H]1C. The molecule has 0 bridgehead atoms.